The number of alkyl halides is 3. The van der Waals surface area contributed by atoms with Crippen LogP contribution in [0.15, 0.2) is 24.5 Å². The first-order chi connectivity index (χ1) is 12.8. The molecule has 2 aromatic heterocycles. The van der Waals surface area contributed by atoms with E-state index in [4.69, 9.17) is 11.6 Å². The van der Waals surface area contributed by atoms with E-state index in [1.54, 1.807) is 6.07 Å². The first-order valence-electron chi connectivity index (χ1n) is 8.69. The van der Waals surface area contributed by atoms with Crippen LogP contribution in [-0.2, 0) is 13.1 Å². The second-order valence-electron chi connectivity index (χ2n) is 7.13. The van der Waals surface area contributed by atoms with Crippen molar-refractivity contribution < 1.29 is 13.2 Å². The van der Waals surface area contributed by atoms with Gasteiger partial charge in [0.05, 0.1) is 5.52 Å². The van der Waals surface area contributed by atoms with Gasteiger partial charge in [0.15, 0.2) is 5.15 Å². The van der Waals surface area contributed by atoms with Crippen molar-refractivity contribution in [3.05, 3.63) is 35.2 Å². The van der Waals surface area contributed by atoms with Gasteiger partial charge in [-0.05, 0) is 30.7 Å². The van der Waals surface area contributed by atoms with Crippen LogP contribution in [0.3, 0.4) is 0 Å². The van der Waals surface area contributed by atoms with Gasteiger partial charge in [-0.3, -0.25) is 0 Å². The molecule has 3 heterocycles. The van der Waals surface area contributed by atoms with Crippen LogP contribution >= 0.6 is 11.6 Å². The van der Waals surface area contributed by atoms with Gasteiger partial charge in [0.25, 0.3) is 0 Å². The number of benzene rings is 1. The monoisotopic (exact) mass is 397 g/mol. The summed E-state index contributed by atoms with van der Waals surface area (Å²) in [7, 11) is 2.09. The molecule has 4 rings (SSSR count). The second-order valence-corrected chi connectivity index (χ2v) is 7.49. The highest BCUT2D eigenvalue weighted by molar-refractivity contribution is 6.34. The summed E-state index contributed by atoms with van der Waals surface area (Å²) in [5.74, 6) is 0.652. The lowest BCUT2D eigenvalue weighted by atomic mass is 10.0. The Morgan fingerprint density at radius 3 is 2.74 bits per heavy atom. The molecule has 0 atom stereocenters. The van der Waals surface area contributed by atoms with E-state index in [2.05, 4.69) is 27.2 Å². The molecule has 9 heteroatoms. The highest BCUT2D eigenvalue weighted by Gasteiger charge is 2.31. The van der Waals surface area contributed by atoms with Gasteiger partial charge in [-0.15, -0.1) is 0 Å². The predicted molar refractivity (Wildman–Crippen MR) is 98.8 cm³/mol. The SMILES string of the molecule is CN1CC(CNCc2ccc3c(c2)c2ncnc(Cl)c2n3CC(F)(F)F)C1. The van der Waals surface area contributed by atoms with Crippen molar-refractivity contribution in [2.24, 2.45) is 5.92 Å². The highest BCUT2D eigenvalue weighted by Crippen LogP contribution is 2.34. The van der Waals surface area contributed by atoms with E-state index in [1.807, 2.05) is 12.1 Å². The minimum absolute atomic E-state index is 0.0224. The van der Waals surface area contributed by atoms with Gasteiger partial charge in [-0.25, -0.2) is 9.97 Å². The highest BCUT2D eigenvalue weighted by atomic mass is 35.5. The minimum Gasteiger partial charge on any atom is -0.327 e. The topological polar surface area (TPSA) is 46.0 Å². The van der Waals surface area contributed by atoms with Gasteiger partial charge >= 0.3 is 6.18 Å². The van der Waals surface area contributed by atoms with Crippen molar-refractivity contribution in [3.63, 3.8) is 0 Å². The van der Waals surface area contributed by atoms with Crippen molar-refractivity contribution >= 4 is 33.5 Å². The molecule has 3 aromatic rings. The standard InChI is InChI=1S/C18H19ClF3N5/c1-26-7-12(8-26)6-23-5-11-2-3-14-13(4-11)15-16(17(19)25-10-24-15)27(14)9-18(20,21)22/h2-4,10,12,23H,5-9H2,1H3. The number of hydrogen-bond donors (Lipinski definition) is 1. The van der Waals surface area contributed by atoms with Crippen LogP contribution in [0, 0.1) is 5.92 Å². The number of fused-ring (bicyclic) bond motifs is 3. The van der Waals surface area contributed by atoms with Crippen molar-refractivity contribution in [2.45, 2.75) is 19.3 Å². The lowest BCUT2D eigenvalue weighted by Crippen LogP contribution is -2.48. The second kappa shape index (κ2) is 6.92. The molecule has 0 amide bonds. The summed E-state index contributed by atoms with van der Waals surface area (Å²) in [5.41, 5.74) is 2.11. The molecule has 0 radical (unpaired) electrons. The lowest BCUT2D eigenvalue weighted by molar-refractivity contribution is -0.139. The summed E-state index contributed by atoms with van der Waals surface area (Å²) < 4.78 is 40.4. The van der Waals surface area contributed by atoms with Crippen molar-refractivity contribution in [2.75, 3.05) is 26.7 Å². The zero-order valence-electron chi connectivity index (χ0n) is 14.7. The summed E-state index contributed by atoms with van der Waals surface area (Å²) in [6.45, 7) is 2.62. The fraction of sp³-hybridized carbons (Fsp3) is 0.444. The fourth-order valence-corrected chi connectivity index (χ4v) is 3.99. The number of halogens is 4. The Bertz CT molecular complexity index is 978. The molecule has 1 aliphatic rings. The van der Waals surface area contributed by atoms with Crippen LogP contribution in [0.4, 0.5) is 13.2 Å². The predicted octanol–water partition coefficient (Wildman–Crippen LogP) is 3.45. The summed E-state index contributed by atoms with van der Waals surface area (Å²) in [4.78, 5) is 10.3. The Morgan fingerprint density at radius 2 is 2.04 bits per heavy atom. The van der Waals surface area contributed by atoms with Crippen molar-refractivity contribution in [3.8, 4) is 0 Å². The Balaban J connectivity index is 1.66. The van der Waals surface area contributed by atoms with Crippen LogP contribution in [-0.4, -0.2) is 52.3 Å². The van der Waals surface area contributed by atoms with Crippen molar-refractivity contribution in [1.29, 1.82) is 0 Å². The fourth-order valence-electron chi connectivity index (χ4n) is 3.75. The first-order valence-corrected chi connectivity index (χ1v) is 9.07. The summed E-state index contributed by atoms with van der Waals surface area (Å²) in [5, 5.41) is 4.10. The maximum absolute atomic E-state index is 13.1. The zero-order chi connectivity index (χ0) is 19.2. The van der Waals surface area contributed by atoms with Crippen LogP contribution in [0.2, 0.25) is 5.15 Å². The molecule has 144 valence electrons. The average molecular weight is 398 g/mol. The van der Waals surface area contributed by atoms with E-state index in [-0.39, 0.29) is 10.7 Å². The van der Waals surface area contributed by atoms with Gasteiger partial charge in [0.2, 0.25) is 0 Å². The number of aromatic nitrogens is 3. The molecule has 0 bridgehead atoms. The van der Waals surface area contributed by atoms with E-state index in [0.29, 0.717) is 28.9 Å². The van der Waals surface area contributed by atoms with Gasteiger partial charge in [-0.2, -0.15) is 13.2 Å². The number of nitrogens with one attached hydrogen (secondary N) is 1. The molecule has 0 spiro atoms. The third-order valence-corrected chi connectivity index (χ3v) is 5.17. The first kappa shape index (κ1) is 18.5. The summed E-state index contributed by atoms with van der Waals surface area (Å²) >= 11 is 6.10. The normalized spacial score (nSPS) is 16.3. The number of hydrogen-bond acceptors (Lipinski definition) is 4. The zero-order valence-corrected chi connectivity index (χ0v) is 15.5. The Hall–Kier alpha value is -1.90. The molecule has 1 aliphatic heterocycles. The summed E-state index contributed by atoms with van der Waals surface area (Å²) in [6.07, 6.45) is -3.09. The van der Waals surface area contributed by atoms with E-state index in [9.17, 15) is 13.2 Å². The van der Waals surface area contributed by atoms with Gasteiger partial charge in [0.1, 0.15) is 23.9 Å². The Morgan fingerprint density at radius 1 is 1.26 bits per heavy atom. The Kier molecular flexibility index (Phi) is 4.73. The molecule has 1 fully saturated rings. The van der Waals surface area contributed by atoms with Gasteiger partial charge < -0.3 is 14.8 Å². The molecular weight excluding hydrogens is 379 g/mol. The van der Waals surface area contributed by atoms with E-state index < -0.39 is 12.7 Å². The van der Waals surface area contributed by atoms with Gasteiger partial charge in [-0.1, -0.05) is 17.7 Å². The van der Waals surface area contributed by atoms with E-state index in [0.717, 1.165) is 29.8 Å². The van der Waals surface area contributed by atoms with E-state index >= 15 is 0 Å². The molecule has 1 saturated heterocycles. The maximum atomic E-state index is 13.1. The third kappa shape index (κ3) is 3.74. The average Bonchev–Trinajstić information content (AvgIpc) is 2.86. The van der Waals surface area contributed by atoms with E-state index in [1.165, 1.54) is 6.33 Å². The van der Waals surface area contributed by atoms with Crippen molar-refractivity contribution in [1.82, 2.24) is 24.8 Å². The molecule has 27 heavy (non-hydrogen) atoms. The molecule has 0 aliphatic carbocycles. The van der Waals surface area contributed by atoms with Crippen LogP contribution in [0.5, 0.6) is 0 Å². The molecule has 5 nitrogen and oxygen atoms in total. The molecule has 0 unspecified atom stereocenters. The van der Waals surface area contributed by atoms with Crippen LogP contribution < -0.4 is 5.32 Å². The summed E-state index contributed by atoms with van der Waals surface area (Å²) in [6, 6.07) is 5.43. The largest absolute Gasteiger partial charge is 0.406 e. The number of rotatable bonds is 5. The Labute approximate surface area is 159 Å². The molecular formula is C18H19ClF3N5. The molecule has 1 N–H and O–H groups in total. The van der Waals surface area contributed by atoms with Crippen LogP contribution in [0.1, 0.15) is 5.56 Å². The minimum atomic E-state index is -4.37. The lowest BCUT2D eigenvalue weighted by Gasteiger charge is -2.36. The van der Waals surface area contributed by atoms with Crippen LogP contribution in [0.25, 0.3) is 21.9 Å². The number of nitrogens with zero attached hydrogens (tertiary/aromatic N) is 4. The smallest absolute Gasteiger partial charge is 0.327 e. The van der Waals surface area contributed by atoms with Gasteiger partial charge in [0, 0.05) is 31.6 Å². The molecule has 0 saturated carbocycles. The molecule has 1 aromatic carbocycles. The quantitative estimate of drug-likeness (QED) is 0.670. The maximum Gasteiger partial charge on any atom is 0.406 e. The third-order valence-electron chi connectivity index (χ3n) is 4.89. The number of likely N-dealkylation sites (tertiary alicyclic amines) is 1.